The molecule has 0 fully saturated rings. The average Bonchev–Trinajstić information content (AvgIpc) is 2.23. The summed E-state index contributed by atoms with van der Waals surface area (Å²) < 4.78 is 112. The smallest absolute Gasteiger partial charge is 0.325 e. The van der Waals surface area contributed by atoms with Gasteiger partial charge in [-0.15, -0.1) is 0 Å². The van der Waals surface area contributed by atoms with Crippen LogP contribution < -0.4 is 5.32 Å². The molecule has 0 heterocycles. The molecule has 0 aromatic heterocycles. The first kappa shape index (κ1) is 18.1. The van der Waals surface area contributed by atoms with Crippen LogP contribution in [0.5, 0.6) is 0 Å². The number of carbonyl (C=O) groups excluding carboxylic acids is 1. The first-order chi connectivity index (χ1) is 9.74. The van der Waals surface area contributed by atoms with Gasteiger partial charge in [-0.25, -0.2) is 0 Å². The summed E-state index contributed by atoms with van der Waals surface area (Å²) in [5.74, 6) is -7.07. The van der Waals surface area contributed by atoms with Crippen molar-refractivity contribution in [2.75, 3.05) is 5.32 Å². The molecule has 1 amide bonds. The van der Waals surface area contributed by atoms with Crippen LogP contribution in [0.1, 0.15) is 5.56 Å². The van der Waals surface area contributed by atoms with E-state index in [9.17, 15) is 44.3 Å². The van der Waals surface area contributed by atoms with Crippen molar-refractivity contribution in [3.05, 3.63) is 29.8 Å². The molecule has 22 heavy (non-hydrogen) atoms. The van der Waals surface area contributed by atoms with Crippen molar-refractivity contribution in [3.8, 4) is 0 Å². The number of hydrogen-bond donors (Lipinski definition) is 1. The third kappa shape index (κ3) is 4.28. The predicted molar refractivity (Wildman–Crippen MR) is 55.7 cm³/mol. The number of hydrogen-bond acceptors (Lipinski definition) is 1. The van der Waals surface area contributed by atoms with Crippen LogP contribution in [0.25, 0.3) is 0 Å². The second-order valence-electron chi connectivity index (χ2n) is 4.05. The summed E-state index contributed by atoms with van der Waals surface area (Å²) in [6.07, 6.45) is -17.0. The van der Waals surface area contributed by atoms with Crippen molar-refractivity contribution in [1.29, 1.82) is 0 Å². The monoisotopic (exact) mass is 339 g/mol. The minimum Gasteiger partial charge on any atom is -0.325 e. The molecular weight excluding hydrogens is 333 g/mol. The standard InChI is InChI=1S/C11H6F9NO/c12-9(13,14)5-3-1-2-4-6(5)21-8(22)7(10(15,16)17)11(18,19)20/h1-4,7H,(H,21,22). The van der Waals surface area contributed by atoms with Crippen molar-refractivity contribution in [2.24, 2.45) is 5.92 Å². The lowest BCUT2D eigenvalue weighted by atomic mass is 10.1. The number of nitrogens with one attached hydrogen (secondary N) is 1. The summed E-state index contributed by atoms with van der Waals surface area (Å²) in [4.78, 5) is 11.2. The SMILES string of the molecule is O=C(Nc1ccccc1C(F)(F)F)C(C(F)(F)F)C(F)(F)F. The zero-order chi connectivity index (χ0) is 17.3. The number of alkyl halides is 9. The van der Waals surface area contributed by atoms with Crippen LogP contribution in [0.4, 0.5) is 45.2 Å². The molecule has 1 aromatic carbocycles. The van der Waals surface area contributed by atoms with Crippen molar-refractivity contribution in [3.63, 3.8) is 0 Å². The summed E-state index contributed by atoms with van der Waals surface area (Å²) in [5, 5.41) is 1.03. The van der Waals surface area contributed by atoms with Gasteiger partial charge >= 0.3 is 18.5 Å². The van der Waals surface area contributed by atoms with E-state index in [4.69, 9.17) is 0 Å². The molecule has 0 bridgehead atoms. The Hall–Kier alpha value is -1.94. The maximum atomic E-state index is 12.6. The Morgan fingerprint density at radius 1 is 0.864 bits per heavy atom. The average molecular weight is 339 g/mol. The lowest BCUT2D eigenvalue weighted by Crippen LogP contribution is -2.45. The minimum absolute atomic E-state index is 0.409. The summed E-state index contributed by atoms with van der Waals surface area (Å²) in [7, 11) is 0. The highest BCUT2D eigenvalue weighted by atomic mass is 19.4. The number of halogens is 9. The maximum absolute atomic E-state index is 12.6. The molecule has 1 rings (SSSR count). The zero-order valence-corrected chi connectivity index (χ0v) is 10.2. The molecule has 1 N–H and O–H groups in total. The van der Waals surface area contributed by atoms with Crippen LogP contribution >= 0.6 is 0 Å². The second-order valence-corrected chi connectivity index (χ2v) is 4.05. The van der Waals surface area contributed by atoms with Crippen molar-refractivity contribution < 1.29 is 44.3 Å². The van der Waals surface area contributed by atoms with Gasteiger partial charge in [0.05, 0.1) is 11.3 Å². The summed E-state index contributed by atoms with van der Waals surface area (Å²) in [6.45, 7) is 0. The molecule has 0 saturated heterocycles. The van der Waals surface area contributed by atoms with Crippen LogP contribution in [-0.4, -0.2) is 18.3 Å². The summed E-state index contributed by atoms with van der Waals surface area (Å²) >= 11 is 0. The van der Waals surface area contributed by atoms with E-state index in [1.54, 1.807) is 0 Å². The Morgan fingerprint density at radius 3 is 1.73 bits per heavy atom. The van der Waals surface area contributed by atoms with Gasteiger partial charge < -0.3 is 5.32 Å². The number of anilines is 1. The van der Waals surface area contributed by atoms with Crippen LogP contribution in [0.15, 0.2) is 24.3 Å². The van der Waals surface area contributed by atoms with Crippen molar-refractivity contribution in [1.82, 2.24) is 0 Å². The number of para-hydroxylation sites is 1. The molecule has 0 saturated carbocycles. The number of rotatable bonds is 2. The van der Waals surface area contributed by atoms with Crippen LogP contribution in [0.3, 0.4) is 0 Å². The van der Waals surface area contributed by atoms with E-state index in [0.29, 0.717) is 12.1 Å². The Labute approximate surface area is 116 Å². The first-order valence-corrected chi connectivity index (χ1v) is 5.35. The molecule has 0 radical (unpaired) electrons. The third-order valence-electron chi connectivity index (χ3n) is 2.41. The number of amides is 1. The van der Waals surface area contributed by atoms with E-state index in [0.717, 1.165) is 17.4 Å². The maximum Gasteiger partial charge on any atom is 0.418 e. The van der Waals surface area contributed by atoms with Gasteiger partial charge in [-0.3, -0.25) is 4.79 Å². The quantitative estimate of drug-likeness (QED) is 0.796. The zero-order valence-electron chi connectivity index (χ0n) is 10.2. The van der Waals surface area contributed by atoms with Gasteiger partial charge in [-0.05, 0) is 12.1 Å². The molecule has 0 aliphatic heterocycles. The first-order valence-electron chi connectivity index (χ1n) is 5.35. The van der Waals surface area contributed by atoms with Gasteiger partial charge in [0.2, 0.25) is 11.8 Å². The van der Waals surface area contributed by atoms with E-state index in [1.807, 2.05) is 0 Å². The van der Waals surface area contributed by atoms with E-state index >= 15 is 0 Å². The highest BCUT2D eigenvalue weighted by molar-refractivity contribution is 5.94. The predicted octanol–water partition coefficient (Wildman–Crippen LogP) is 4.38. The second kappa shape index (κ2) is 5.69. The molecule has 124 valence electrons. The fourth-order valence-electron chi connectivity index (χ4n) is 1.53. The molecule has 1 aromatic rings. The van der Waals surface area contributed by atoms with E-state index in [2.05, 4.69) is 0 Å². The molecule has 0 unspecified atom stereocenters. The number of carbonyl (C=O) groups is 1. The Kier molecular flexibility index (Phi) is 4.68. The lowest BCUT2D eigenvalue weighted by molar-refractivity contribution is -0.272. The minimum atomic E-state index is -5.99. The Bertz CT molecular complexity index is 530. The largest absolute Gasteiger partial charge is 0.418 e. The van der Waals surface area contributed by atoms with Crippen molar-refractivity contribution in [2.45, 2.75) is 18.5 Å². The van der Waals surface area contributed by atoms with Gasteiger partial charge in [-0.1, -0.05) is 12.1 Å². The highest BCUT2D eigenvalue weighted by Crippen LogP contribution is 2.41. The molecule has 11 heteroatoms. The van der Waals surface area contributed by atoms with E-state index in [1.165, 1.54) is 0 Å². The molecule has 0 spiro atoms. The Balaban J connectivity index is 3.17. The molecular formula is C11H6F9NO. The van der Waals surface area contributed by atoms with Crippen molar-refractivity contribution >= 4 is 11.6 Å². The molecule has 0 atom stereocenters. The van der Waals surface area contributed by atoms with E-state index < -0.39 is 41.6 Å². The fourth-order valence-corrected chi connectivity index (χ4v) is 1.53. The van der Waals surface area contributed by atoms with Crippen LogP contribution in [0.2, 0.25) is 0 Å². The van der Waals surface area contributed by atoms with Gasteiger partial charge in [0.25, 0.3) is 0 Å². The van der Waals surface area contributed by atoms with Gasteiger partial charge in [0.1, 0.15) is 0 Å². The summed E-state index contributed by atoms with van der Waals surface area (Å²) in [6, 6.07) is 2.74. The van der Waals surface area contributed by atoms with Gasteiger partial charge in [-0.2, -0.15) is 39.5 Å². The van der Waals surface area contributed by atoms with Gasteiger partial charge in [0, 0.05) is 0 Å². The molecule has 2 nitrogen and oxygen atoms in total. The molecule has 0 aliphatic rings. The summed E-state index contributed by atoms with van der Waals surface area (Å²) in [5.41, 5.74) is -2.76. The third-order valence-corrected chi connectivity index (χ3v) is 2.41. The Morgan fingerprint density at radius 2 is 1.32 bits per heavy atom. The normalized spacial score (nSPS) is 13.4. The highest BCUT2D eigenvalue weighted by Gasteiger charge is 2.61. The van der Waals surface area contributed by atoms with E-state index in [-0.39, 0.29) is 0 Å². The topological polar surface area (TPSA) is 29.1 Å². The van der Waals surface area contributed by atoms with Gasteiger partial charge in [0.15, 0.2) is 0 Å². The molecule has 0 aliphatic carbocycles. The fraction of sp³-hybridized carbons (Fsp3) is 0.364. The number of benzene rings is 1. The lowest BCUT2D eigenvalue weighted by Gasteiger charge is -2.23. The van der Waals surface area contributed by atoms with Crippen LogP contribution in [0, 0.1) is 5.92 Å². The van der Waals surface area contributed by atoms with Crippen LogP contribution in [-0.2, 0) is 11.0 Å².